The fraction of sp³-hybridized carbons (Fsp3) is 0.779. The van der Waals surface area contributed by atoms with Crippen molar-refractivity contribution in [1.29, 1.82) is 0 Å². The van der Waals surface area contributed by atoms with Crippen LogP contribution in [0.25, 0.3) is 0 Å². The van der Waals surface area contributed by atoms with Crippen LogP contribution in [0.5, 0.6) is 0 Å². The Balaban J connectivity index is 3.94. The number of carbonyl (C=O) groups is 3. The van der Waals surface area contributed by atoms with Crippen LogP contribution in [0, 0.1) is 0 Å². The summed E-state index contributed by atoms with van der Waals surface area (Å²) in [6.45, 7) is 6.48. The molecule has 6 heteroatoms. The molecule has 0 saturated heterocycles. The Morgan fingerprint density at radius 1 is 0.253 bits per heavy atom. The van der Waals surface area contributed by atoms with Gasteiger partial charge >= 0.3 is 17.9 Å². The summed E-state index contributed by atoms with van der Waals surface area (Å²) in [6.07, 6.45) is 95.3. The zero-order valence-corrected chi connectivity index (χ0v) is 55.2. The third kappa shape index (κ3) is 69.3. The maximum Gasteiger partial charge on any atom is 0.306 e. The Hall–Kier alpha value is -3.41. The molecule has 83 heavy (non-hydrogen) atoms. The summed E-state index contributed by atoms with van der Waals surface area (Å²) in [5.41, 5.74) is 0. The fourth-order valence-corrected chi connectivity index (χ4v) is 10.5. The van der Waals surface area contributed by atoms with Gasteiger partial charge in [-0.25, -0.2) is 0 Å². The van der Waals surface area contributed by atoms with E-state index in [2.05, 4.69) is 106 Å². The lowest BCUT2D eigenvalue weighted by Crippen LogP contribution is -2.30. The predicted molar refractivity (Wildman–Crippen MR) is 362 cm³/mol. The molecule has 1 atom stereocenters. The van der Waals surface area contributed by atoms with Crippen molar-refractivity contribution in [3.8, 4) is 0 Å². The second-order valence-corrected chi connectivity index (χ2v) is 24.1. The second kappa shape index (κ2) is 71.1. The van der Waals surface area contributed by atoms with Crippen LogP contribution in [0.3, 0.4) is 0 Å². The maximum atomic E-state index is 12.9. The average molecular weight is 1160 g/mol. The lowest BCUT2D eigenvalue weighted by atomic mass is 10.0. The Morgan fingerprint density at radius 2 is 0.470 bits per heavy atom. The highest BCUT2D eigenvalue weighted by Gasteiger charge is 2.19. The molecule has 0 fully saturated rings. The van der Waals surface area contributed by atoms with E-state index in [0.29, 0.717) is 19.3 Å². The quantitative estimate of drug-likeness (QED) is 0.0261. The molecule has 0 aliphatic rings. The van der Waals surface area contributed by atoms with Crippen molar-refractivity contribution in [3.05, 3.63) is 85.1 Å². The topological polar surface area (TPSA) is 78.9 Å². The number of allylic oxidation sites excluding steroid dienone is 14. The number of esters is 3. The molecule has 0 saturated carbocycles. The van der Waals surface area contributed by atoms with E-state index in [9.17, 15) is 14.4 Å². The summed E-state index contributed by atoms with van der Waals surface area (Å²) in [7, 11) is 0. The van der Waals surface area contributed by atoms with Gasteiger partial charge < -0.3 is 14.2 Å². The largest absolute Gasteiger partial charge is 0.462 e. The first-order valence-corrected chi connectivity index (χ1v) is 36.1. The lowest BCUT2D eigenvalue weighted by Gasteiger charge is -2.18. The fourth-order valence-electron chi connectivity index (χ4n) is 10.5. The van der Waals surface area contributed by atoms with Gasteiger partial charge in [0.15, 0.2) is 6.10 Å². The van der Waals surface area contributed by atoms with Gasteiger partial charge in [0.2, 0.25) is 0 Å². The van der Waals surface area contributed by atoms with Crippen LogP contribution < -0.4 is 0 Å². The summed E-state index contributed by atoms with van der Waals surface area (Å²) in [5, 5.41) is 0. The van der Waals surface area contributed by atoms with Crippen molar-refractivity contribution < 1.29 is 28.6 Å². The highest BCUT2D eigenvalue weighted by atomic mass is 16.6. The zero-order chi connectivity index (χ0) is 59.9. The molecule has 0 amide bonds. The van der Waals surface area contributed by atoms with E-state index >= 15 is 0 Å². The number of ether oxygens (including phenoxy) is 3. The molecule has 0 aliphatic heterocycles. The molecule has 480 valence electrons. The molecule has 0 bridgehead atoms. The van der Waals surface area contributed by atoms with Gasteiger partial charge in [-0.3, -0.25) is 14.4 Å². The Kier molecular flexibility index (Phi) is 68.2. The molecule has 0 rings (SSSR count). The van der Waals surface area contributed by atoms with Crippen molar-refractivity contribution >= 4 is 17.9 Å². The summed E-state index contributed by atoms with van der Waals surface area (Å²) < 4.78 is 16.8. The van der Waals surface area contributed by atoms with Crippen LogP contribution >= 0.6 is 0 Å². The monoisotopic (exact) mass is 1160 g/mol. The van der Waals surface area contributed by atoms with E-state index < -0.39 is 6.10 Å². The van der Waals surface area contributed by atoms with Gasteiger partial charge in [-0.2, -0.15) is 0 Å². The highest BCUT2D eigenvalue weighted by Crippen LogP contribution is 2.18. The molecule has 0 aromatic carbocycles. The van der Waals surface area contributed by atoms with E-state index in [4.69, 9.17) is 14.2 Å². The first-order valence-electron chi connectivity index (χ1n) is 36.1. The lowest BCUT2D eigenvalue weighted by molar-refractivity contribution is -0.167. The minimum atomic E-state index is -0.772. The third-order valence-electron chi connectivity index (χ3n) is 15.9. The molecule has 0 aromatic heterocycles. The van der Waals surface area contributed by atoms with Crippen molar-refractivity contribution in [1.82, 2.24) is 0 Å². The first-order chi connectivity index (χ1) is 41.0. The van der Waals surface area contributed by atoms with Crippen molar-refractivity contribution in [2.75, 3.05) is 13.2 Å². The Morgan fingerprint density at radius 3 is 0.735 bits per heavy atom. The van der Waals surface area contributed by atoms with Crippen LogP contribution in [0.2, 0.25) is 0 Å². The van der Waals surface area contributed by atoms with Gasteiger partial charge in [0.25, 0.3) is 0 Å². The summed E-state index contributed by atoms with van der Waals surface area (Å²) in [4.78, 5) is 38.1. The van der Waals surface area contributed by atoms with E-state index in [1.54, 1.807) is 0 Å². The molecular formula is C77H136O6. The van der Waals surface area contributed by atoms with Gasteiger partial charge in [0, 0.05) is 19.3 Å². The zero-order valence-electron chi connectivity index (χ0n) is 55.2. The second-order valence-electron chi connectivity index (χ2n) is 24.1. The van der Waals surface area contributed by atoms with E-state index in [1.807, 2.05) is 0 Å². The van der Waals surface area contributed by atoms with Gasteiger partial charge in [-0.15, -0.1) is 0 Å². The Bertz CT molecular complexity index is 1570. The first kappa shape index (κ1) is 79.6. The number of carbonyl (C=O) groups excluding carboxylic acids is 3. The molecule has 0 aromatic rings. The molecule has 6 nitrogen and oxygen atoms in total. The van der Waals surface area contributed by atoms with Gasteiger partial charge in [-0.1, -0.05) is 337 Å². The molecule has 0 aliphatic carbocycles. The van der Waals surface area contributed by atoms with Crippen molar-refractivity contribution in [2.24, 2.45) is 0 Å². The van der Waals surface area contributed by atoms with Crippen molar-refractivity contribution in [3.63, 3.8) is 0 Å². The molecular weight excluding hydrogens is 1020 g/mol. The maximum absolute atomic E-state index is 12.9. The van der Waals surface area contributed by atoms with Crippen LogP contribution in [0.15, 0.2) is 85.1 Å². The van der Waals surface area contributed by atoms with Crippen LogP contribution in [0.1, 0.15) is 367 Å². The van der Waals surface area contributed by atoms with Gasteiger partial charge in [0.05, 0.1) is 0 Å². The predicted octanol–water partition coefficient (Wildman–Crippen LogP) is 25.0. The smallest absolute Gasteiger partial charge is 0.306 e. The molecule has 0 spiro atoms. The summed E-state index contributed by atoms with van der Waals surface area (Å²) in [6, 6.07) is 0. The third-order valence-corrected chi connectivity index (χ3v) is 15.9. The minimum Gasteiger partial charge on any atom is -0.462 e. The summed E-state index contributed by atoms with van der Waals surface area (Å²) in [5.74, 6) is -0.868. The minimum absolute atomic E-state index is 0.0721. The number of hydrogen-bond acceptors (Lipinski definition) is 6. The van der Waals surface area contributed by atoms with Gasteiger partial charge in [-0.05, 0) is 96.3 Å². The molecule has 0 heterocycles. The molecule has 0 N–H and O–H groups in total. The average Bonchev–Trinajstić information content (AvgIpc) is 3.49. The van der Waals surface area contributed by atoms with Crippen LogP contribution in [0.4, 0.5) is 0 Å². The number of hydrogen-bond donors (Lipinski definition) is 0. The van der Waals surface area contributed by atoms with Crippen LogP contribution in [-0.4, -0.2) is 37.2 Å². The van der Waals surface area contributed by atoms with Crippen LogP contribution in [-0.2, 0) is 28.6 Å². The van der Waals surface area contributed by atoms with E-state index in [1.165, 1.54) is 225 Å². The number of rotatable bonds is 66. The standard InChI is InChI=1S/C77H136O6/c1-4-7-10-13-15-17-19-21-23-25-27-29-31-33-35-37-38-40-41-43-45-47-49-51-53-55-57-59-61-64-67-70-76(79)82-73-74(72-81-75(78)69-66-63-12-9-6-3)83-77(80)71-68-65-62-60-58-56-54-52-50-48-46-44-42-39-36-34-32-30-28-26-24-22-20-18-16-14-11-8-5-2/h7,10,15,17,20-23,26-29,32,34,74H,4-6,8-9,11-14,16,18-19,24-25,30-31,33,35-73H2,1-3H3/b10-7-,17-15-,22-20-,23-21-,28-26-,29-27-,34-32-. The summed E-state index contributed by atoms with van der Waals surface area (Å²) >= 11 is 0. The SMILES string of the molecule is CC/C=C\C/C=C\C/C=C\C/C=C\CCCCCCCCCCCCCCCCCCCCC(=O)OCC(COC(=O)CCCCCCC)OC(=O)CCCCCCCCCCCCCCCC/C=C\C/C=C\C/C=C\CCCCCCC. The van der Waals surface area contributed by atoms with Gasteiger partial charge in [0.1, 0.15) is 13.2 Å². The van der Waals surface area contributed by atoms with E-state index in [-0.39, 0.29) is 31.1 Å². The van der Waals surface area contributed by atoms with Crippen molar-refractivity contribution in [2.45, 2.75) is 374 Å². The molecule has 0 radical (unpaired) electrons. The number of unbranched alkanes of at least 4 members (excludes halogenated alkanes) is 41. The highest BCUT2D eigenvalue weighted by molar-refractivity contribution is 5.71. The normalized spacial score (nSPS) is 12.6. The van der Waals surface area contributed by atoms with E-state index in [0.717, 1.165) is 103 Å². The Labute approximate surface area is 515 Å². The molecule has 1 unspecified atom stereocenters.